The number of sulfonamides is 1. The minimum Gasteiger partial charge on any atom is -0.354 e. The van der Waals surface area contributed by atoms with Gasteiger partial charge in [0, 0.05) is 17.6 Å². The summed E-state index contributed by atoms with van der Waals surface area (Å²) >= 11 is 3.43. The summed E-state index contributed by atoms with van der Waals surface area (Å²) in [5, 5.41) is 2.91. The number of aryl methyl sites for hydroxylation is 2. The van der Waals surface area contributed by atoms with Gasteiger partial charge in [0.05, 0.1) is 10.6 Å². The van der Waals surface area contributed by atoms with Crippen molar-refractivity contribution in [1.29, 1.82) is 0 Å². The highest BCUT2D eigenvalue weighted by Gasteiger charge is 2.33. The zero-order valence-electron chi connectivity index (χ0n) is 23.6. The quantitative estimate of drug-likeness (QED) is 0.241. The summed E-state index contributed by atoms with van der Waals surface area (Å²) in [4.78, 5) is 28.7. The van der Waals surface area contributed by atoms with Crippen LogP contribution in [0.2, 0.25) is 0 Å². The van der Waals surface area contributed by atoms with E-state index in [1.807, 2.05) is 57.2 Å². The average Bonchev–Trinajstić information content (AvgIpc) is 2.95. The van der Waals surface area contributed by atoms with Crippen molar-refractivity contribution in [3.05, 3.63) is 94.0 Å². The molecule has 0 heterocycles. The predicted molar refractivity (Wildman–Crippen MR) is 164 cm³/mol. The van der Waals surface area contributed by atoms with E-state index in [9.17, 15) is 18.0 Å². The molecule has 1 N–H and O–H groups in total. The van der Waals surface area contributed by atoms with Crippen LogP contribution in [0.15, 0.2) is 82.2 Å². The summed E-state index contributed by atoms with van der Waals surface area (Å²) in [6.45, 7) is 7.76. The highest BCUT2D eigenvalue weighted by Crippen LogP contribution is 2.28. The number of rotatable bonds is 13. The molecule has 214 valence electrons. The first-order valence-electron chi connectivity index (χ1n) is 13.6. The number of amides is 2. The van der Waals surface area contributed by atoms with Crippen molar-refractivity contribution in [3.63, 3.8) is 0 Å². The van der Waals surface area contributed by atoms with Gasteiger partial charge in [-0.15, -0.1) is 0 Å². The number of nitrogens with zero attached hydrogens (tertiary/aromatic N) is 2. The molecule has 0 radical (unpaired) electrons. The second-order valence-corrected chi connectivity index (χ2v) is 12.6. The van der Waals surface area contributed by atoms with E-state index >= 15 is 0 Å². The van der Waals surface area contributed by atoms with E-state index in [1.165, 1.54) is 9.21 Å². The molecular weight excluding hydrogens is 590 g/mol. The van der Waals surface area contributed by atoms with Crippen LogP contribution in [0.25, 0.3) is 0 Å². The lowest BCUT2D eigenvalue weighted by Gasteiger charge is -2.32. The molecule has 0 aliphatic rings. The van der Waals surface area contributed by atoms with Crippen molar-refractivity contribution in [1.82, 2.24) is 10.2 Å². The van der Waals surface area contributed by atoms with Gasteiger partial charge in [-0.25, -0.2) is 8.42 Å². The Morgan fingerprint density at radius 1 is 0.950 bits per heavy atom. The standard InChI is InChI=1S/C31H38BrN3O4S/c1-5-7-20-33-31(37)24(4)34(21-25-14-16-27(32)17-15-25)30(36)22-35(29-11-9-8-10-26(29)6-2)40(38,39)28-18-12-23(3)13-19-28/h8-19,24H,5-7,20-22H2,1-4H3,(H,33,37). The maximum Gasteiger partial charge on any atom is 0.264 e. The Morgan fingerprint density at radius 2 is 1.60 bits per heavy atom. The zero-order valence-corrected chi connectivity index (χ0v) is 26.0. The van der Waals surface area contributed by atoms with Crippen molar-refractivity contribution in [2.45, 2.75) is 64.4 Å². The number of halogens is 1. The largest absolute Gasteiger partial charge is 0.354 e. The highest BCUT2D eigenvalue weighted by atomic mass is 79.9. The lowest BCUT2D eigenvalue weighted by Crippen LogP contribution is -2.51. The van der Waals surface area contributed by atoms with Crippen LogP contribution in [0.4, 0.5) is 5.69 Å². The van der Waals surface area contributed by atoms with Crippen LogP contribution in [-0.4, -0.2) is 44.3 Å². The van der Waals surface area contributed by atoms with Crippen LogP contribution in [0.3, 0.4) is 0 Å². The number of nitrogens with one attached hydrogen (secondary N) is 1. The molecule has 0 aromatic heterocycles. The molecule has 1 unspecified atom stereocenters. The first-order chi connectivity index (χ1) is 19.1. The summed E-state index contributed by atoms with van der Waals surface area (Å²) in [6.07, 6.45) is 2.34. The van der Waals surface area contributed by atoms with Crippen molar-refractivity contribution < 1.29 is 18.0 Å². The minimum absolute atomic E-state index is 0.0987. The number of anilines is 1. The lowest BCUT2D eigenvalue weighted by molar-refractivity contribution is -0.139. The zero-order chi connectivity index (χ0) is 29.3. The number of para-hydroxylation sites is 1. The Labute approximate surface area is 246 Å². The van der Waals surface area contributed by atoms with Crippen molar-refractivity contribution in [2.75, 3.05) is 17.4 Å². The van der Waals surface area contributed by atoms with Gasteiger partial charge < -0.3 is 10.2 Å². The second-order valence-electron chi connectivity index (χ2n) is 9.78. The van der Waals surface area contributed by atoms with Gasteiger partial charge in [0.1, 0.15) is 12.6 Å². The molecule has 0 aliphatic heterocycles. The van der Waals surface area contributed by atoms with Crippen LogP contribution in [0.5, 0.6) is 0 Å². The summed E-state index contributed by atoms with van der Waals surface area (Å²) < 4.78 is 30.1. The van der Waals surface area contributed by atoms with Crippen LogP contribution < -0.4 is 9.62 Å². The Kier molecular flexibility index (Phi) is 11.3. The van der Waals surface area contributed by atoms with E-state index in [2.05, 4.69) is 21.2 Å². The third-order valence-electron chi connectivity index (χ3n) is 6.79. The monoisotopic (exact) mass is 627 g/mol. The summed E-state index contributed by atoms with van der Waals surface area (Å²) in [6, 6.07) is 20.5. The summed E-state index contributed by atoms with van der Waals surface area (Å²) in [5.74, 6) is -0.747. The fraction of sp³-hybridized carbons (Fsp3) is 0.355. The maximum atomic E-state index is 14.0. The second kappa shape index (κ2) is 14.5. The van der Waals surface area contributed by atoms with E-state index in [0.29, 0.717) is 18.7 Å². The van der Waals surface area contributed by atoms with Gasteiger partial charge in [-0.3, -0.25) is 13.9 Å². The fourth-order valence-corrected chi connectivity index (χ4v) is 6.03. The number of carbonyl (C=O) groups is 2. The molecule has 3 rings (SSSR count). The molecular formula is C31H38BrN3O4S. The van der Waals surface area contributed by atoms with Gasteiger partial charge in [-0.1, -0.05) is 84.2 Å². The van der Waals surface area contributed by atoms with E-state index in [4.69, 9.17) is 0 Å². The molecule has 0 bridgehead atoms. The third-order valence-corrected chi connectivity index (χ3v) is 9.09. The number of benzene rings is 3. The predicted octanol–water partition coefficient (Wildman–Crippen LogP) is 5.85. The van der Waals surface area contributed by atoms with Crippen molar-refractivity contribution >= 4 is 43.5 Å². The van der Waals surface area contributed by atoms with Gasteiger partial charge >= 0.3 is 0 Å². The van der Waals surface area contributed by atoms with Crippen molar-refractivity contribution in [2.24, 2.45) is 0 Å². The molecule has 2 amide bonds. The molecule has 0 aliphatic carbocycles. The molecule has 40 heavy (non-hydrogen) atoms. The van der Waals surface area contributed by atoms with Crippen LogP contribution >= 0.6 is 15.9 Å². The van der Waals surface area contributed by atoms with Gasteiger partial charge in [0.25, 0.3) is 10.0 Å². The number of hydrogen-bond donors (Lipinski definition) is 1. The minimum atomic E-state index is -4.09. The van der Waals surface area contributed by atoms with E-state index < -0.39 is 28.5 Å². The Bertz CT molecular complexity index is 1390. The first kappa shape index (κ1) is 31.4. The van der Waals surface area contributed by atoms with E-state index in [0.717, 1.165) is 34.0 Å². The summed E-state index contributed by atoms with van der Waals surface area (Å²) in [5.41, 5.74) is 3.00. The molecule has 1 atom stereocenters. The van der Waals surface area contributed by atoms with Gasteiger partial charge in [0.15, 0.2) is 0 Å². The molecule has 0 saturated carbocycles. The SMILES string of the molecule is CCCCNC(=O)C(C)N(Cc1ccc(Br)cc1)C(=O)CN(c1ccccc1CC)S(=O)(=O)c1ccc(C)cc1. The Balaban J connectivity index is 2.03. The smallest absolute Gasteiger partial charge is 0.264 e. The van der Waals surface area contributed by atoms with Crippen molar-refractivity contribution in [3.8, 4) is 0 Å². The Morgan fingerprint density at radius 3 is 2.23 bits per heavy atom. The molecule has 7 nitrogen and oxygen atoms in total. The van der Waals surface area contributed by atoms with Gasteiger partial charge in [-0.2, -0.15) is 0 Å². The van der Waals surface area contributed by atoms with Gasteiger partial charge in [0.2, 0.25) is 11.8 Å². The van der Waals surface area contributed by atoms with Crippen LogP contribution in [0, 0.1) is 6.92 Å². The van der Waals surface area contributed by atoms with Crippen LogP contribution in [0.1, 0.15) is 50.3 Å². The number of hydrogen-bond acceptors (Lipinski definition) is 4. The normalized spacial score (nSPS) is 12.0. The molecule has 9 heteroatoms. The molecule has 0 spiro atoms. The fourth-order valence-electron chi connectivity index (χ4n) is 4.31. The highest BCUT2D eigenvalue weighted by molar-refractivity contribution is 9.10. The maximum absolute atomic E-state index is 14.0. The molecule has 3 aromatic carbocycles. The topological polar surface area (TPSA) is 86.8 Å². The Hall–Kier alpha value is -3.17. The number of unbranched alkanes of at least 4 members (excludes halogenated alkanes) is 1. The molecule has 0 saturated heterocycles. The van der Waals surface area contributed by atoms with Crippen LogP contribution in [-0.2, 0) is 32.6 Å². The van der Waals surface area contributed by atoms with Gasteiger partial charge in [-0.05, 0) is 68.1 Å². The lowest BCUT2D eigenvalue weighted by atomic mass is 10.1. The average molecular weight is 629 g/mol. The first-order valence-corrected chi connectivity index (χ1v) is 15.8. The van der Waals surface area contributed by atoms with E-state index in [1.54, 1.807) is 43.3 Å². The third kappa shape index (κ3) is 7.95. The molecule has 0 fully saturated rings. The summed E-state index contributed by atoms with van der Waals surface area (Å²) in [7, 11) is -4.09. The number of carbonyl (C=O) groups excluding carboxylic acids is 2. The molecule has 3 aromatic rings. The van der Waals surface area contributed by atoms with E-state index in [-0.39, 0.29) is 17.3 Å².